The number of carbonyl (C=O) groups excluding carboxylic acids is 6. The van der Waals surface area contributed by atoms with Crippen molar-refractivity contribution in [2.75, 3.05) is 87.1 Å². The van der Waals surface area contributed by atoms with Gasteiger partial charge in [0.15, 0.2) is 29.1 Å². The zero-order valence-electron chi connectivity index (χ0n) is 76.8. The van der Waals surface area contributed by atoms with Crippen molar-refractivity contribution in [2.24, 2.45) is 0 Å². The number of likely N-dealkylation sites (N-methyl/N-ethyl adjacent to an activating group) is 1. The van der Waals surface area contributed by atoms with Crippen LogP contribution in [0.4, 0.5) is 50.4 Å². The molecule has 44 heteroatoms. The molecular weight excluding hydrogens is 1870 g/mol. The SMILES string of the molecule is CN1CCN(C(=O)c2cccc3[nH]c(-c4[nH]ncc4NC(=O)c4c(F)cccc4F)nc23)CC1.COc1ccc(C(=O)Nc2cn[nH]c2-c2nc3ccccc3[nH]2)c(OC)c1.O=C(Nc1cn[nH]c1-c1nc2c(C(=O)O)cccc2[nH]1)c1c(F)cccc1F.O=C(Nc1cn[nH]c1-c1nc2ccccc2[nH]1)c1cccc(CN2CCCC2)c1F.O=C(Nc1cn[nH]c1-c1nc2ccccc2[nH]1)c1cccc2cc[nH]c12. The summed E-state index contributed by atoms with van der Waals surface area (Å²) >= 11 is 0. The van der Waals surface area contributed by atoms with Gasteiger partial charge in [-0.2, -0.15) is 25.5 Å². The number of hydrogen-bond donors (Lipinski definition) is 17. The Morgan fingerprint density at radius 3 is 1.21 bits per heavy atom. The summed E-state index contributed by atoms with van der Waals surface area (Å²) in [4.78, 5) is 135. The van der Waals surface area contributed by atoms with Gasteiger partial charge < -0.3 is 80.9 Å². The standard InChI is InChI=1S/C23H21F2N7O2.C22H21FN6O.C19H14N6O.C19H17N5O3.C18H11F2N5O3/c1-31-8-10-32(11-9-31)23(34)13-4-2-7-16-19(13)29-21(27-16)20-17(12-26-30-20)28-22(33)18-14(24)5-3-6-15(18)25;23-19-14(13-29-10-3-4-11-29)6-5-7-15(19)22(30)27-18-12-24-28-20(18)21-25-16-8-1-2-9-17(16)26-21;26-19(12-5-3-4-11-8-9-20-16(11)12)24-15-10-21-25-17(15)18-22-13-6-1-2-7-14(13)23-18;1-26-11-7-8-12(16(9-11)27-2)19(25)23-15-10-20-24-17(15)18-21-13-5-3-4-6-14(13)22-18;19-9-4-2-5-10(20)13(9)17(26)23-12-7-21-25-15(12)16-22-11-6-1-3-8(18(27)28)14(11)24-16/h2-7,12H,8-11H2,1H3,(H,26,30)(H,27,29)(H,28,33);1-2,5-9,12H,3-4,10-11,13H2,(H,24,28)(H,25,26)(H,27,30);1-10,20H,(H,21,25)(H,22,23)(H,24,26);3-10H,1-2H3,(H,20,24)(H,21,22)(H,23,25);1-7H,(H,21,25)(H,22,24)(H,23,26)(H,27,28). The Hall–Kier alpha value is -19.4. The van der Waals surface area contributed by atoms with E-state index in [0.29, 0.717) is 133 Å². The number of para-hydroxylation sites is 9. The first-order valence-electron chi connectivity index (χ1n) is 45.0. The number of carboxylic acid groups (broad SMARTS) is 1. The molecule has 0 unspecified atom stereocenters. The molecule has 728 valence electrons. The van der Waals surface area contributed by atoms with Crippen LogP contribution in [0.3, 0.4) is 0 Å². The van der Waals surface area contributed by atoms with Crippen molar-refractivity contribution < 1.29 is 70.1 Å². The van der Waals surface area contributed by atoms with E-state index in [1.807, 2.05) is 104 Å². The predicted octanol–water partition coefficient (Wildman–Crippen LogP) is 16.9. The quantitative estimate of drug-likeness (QED) is 0.0297. The Balaban J connectivity index is 0.000000115. The number of carboxylic acids is 1. The van der Waals surface area contributed by atoms with Crippen molar-refractivity contribution in [3.05, 3.63) is 317 Å². The summed E-state index contributed by atoms with van der Waals surface area (Å²) in [6.45, 7) is 5.31. The van der Waals surface area contributed by atoms with E-state index in [2.05, 4.69) is 142 Å². The number of likely N-dealkylation sites (tertiary alicyclic amines) is 1. The number of amides is 6. The van der Waals surface area contributed by atoms with Crippen LogP contribution in [0.2, 0.25) is 0 Å². The number of aromatic amines is 11. The van der Waals surface area contributed by atoms with E-state index >= 15 is 4.39 Å². The Morgan fingerprint density at radius 2 is 0.759 bits per heavy atom. The van der Waals surface area contributed by atoms with Crippen molar-refractivity contribution in [1.29, 1.82) is 0 Å². The first-order chi connectivity index (χ1) is 70.5. The van der Waals surface area contributed by atoms with Gasteiger partial charge >= 0.3 is 5.97 Å². The normalized spacial score (nSPS) is 12.5. The number of benzene rings is 10. The van der Waals surface area contributed by atoms with Crippen molar-refractivity contribution in [1.82, 2.24) is 121 Å². The minimum Gasteiger partial charge on any atom is -0.497 e. The maximum Gasteiger partial charge on any atom is 0.337 e. The summed E-state index contributed by atoms with van der Waals surface area (Å²) in [5, 5.41) is 57.5. The molecule has 2 aliphatic heterocycles. The third-order valence-corrected chi connectivity index (χ3v) is 23.8. The third kappa shape index (κ3) is 20.3. The second-order valence-electron chi connectivity index (χ2n) is 33.1. The van der Waals surface area contributed by atoms with Gasteiger partial charge in [-0.05, 0) is 148 Å². The van der Waals surface area contributed by atoms with Gasteiger partial charge in [-0.15, -0.1) is 0 Å². The smallest absolute Gasteiger partial charge is 0.337 e. The predicted molar refractivity (Wildman–Crippen MR) is 530 cm³/mol. The lowest BCUT2D eigenvalue weighted by Gasteiger charge is -2.32. The lowest BCUT2D eigenvalue weighted by Crippen LogP contribution is -2.47. The summed E-state index contributed by atoms with van der Waals surface area (Å²) in [5.41, 5.74) is 12.4. The van der Waals surface area contributed by atoms with Gasteiger partial charge in [0.05, 0.1) is 151 Å². The molecule has 21 aromatic rings. The average molecular weight is 1960 g/mol. The number of halogens is 5. The second kappa shape index (κ2) is 41.7. The number of imidazole rings is 5. The van der Waals surface area contributed by atoms with E-state index in [4.69, 9.17) is 9.47 Å². The highest BCUT2D eigenvalue weighted by Crippen LogP contribution is 2.36. The largest absolute Gasteiger partial charge is 0.497 e. The molecule has 0 aliphatic carbocycles. The molecule has 0 radical (unpaired) electrons. The molecule has 0 atom stereocenters. The fourth-order valence-electron chi connectivity index (χ4n) is 16.5. The van der Waals surface area contributed by atoms with Crippen LogP contribution in [-0.4, -0.2) is 228 Å². The van der Waals surface area contributed by atoms with Gasteiger partial charge in [-0.25, -0.2) is 51.7 Å². The summed E-state index contributed by atoms with van der Waals surface area (Å²) in [7, 11) is 5.08. The first kappa shape index (κ1) is 94.6. The number of anilines is 5. The molecule has 6 amide bonds. The van der Waals surface area contributed by atoms with Crippen LogP contribution < -0.4 is 36.1 Å². The van der Waals surface area contributed by atoms with E-state index < -0.39 is 63.9 Å². The number of ether oxygens (including phenoxy) is 2. The van der Waals surface area contributed by atoms with Crippen LogP contribution in [0.5, 0.6) is 11.5 Å². The highest BCUT2D eigenvalue weighted by molar-refractivity contribution is 6.14. The molecule has 11 aromatic heterocycles. The second-order valence-corrected chi connectivity index (χ2v) is 33.1. The van der Waals surface area contributed by atoms with Crippen molar-refractivity contribution in [3.63, 3.8) is 0 Å². The van der Waals surface area contributed by atoms with Gasteiger partial charge in [0.1, 0.15) is 91.2 Å². The molecular formula is C101H84F5N29O10. The molecule has 39 nitrogen and oxygen atoms in total. The average Bonchev–Trinajstić information content (AvgIpc) is 1.64. The van der Waals surface area contributed by atoms with Gasteiger partial charge in [-0.1, -0.05) is 84.9 Å². The monoisotopic (exact) mass is 1960 g/mol. The molecule has 0 saturated carbocycles. The van der Waals surface area contributed by atoms with E-state index in [1.54, 1.807) is 84.9 Å². The van der Waals surface area contributed by atoms with Crippen LogP contribution in [0.15, 0.2) is 243 Å². The van der Waals surface area contributed by atoms with Crippen LogP contribution >= 0.6 is 0 Å². The third-order valence-electron chi connectivity index (χ3n) is 23.8. The summed E-state index contributed by atoms with van der Waals surface area (Å²) in [6.07, 6.45) is 11.3. The number of piperazine rings is 1. The molecule has 145 heavy (non-hydrogen) atoms. The Morgan fingerprint density at radius 1 is 0.379 bits per heavy atom. The zero-order chi connectivity index (χ0) is 100. The molecule has 23 rings (SSSR count). The number of rotatable bonds is 21. The molecule has 2 aliphatic rings. The minimum absolute atomic E-state index is 0.00136. The lowest BCUT2D eigenvalue weighted by atomic mass is 10.1. The number of aromatic carboxylic acids is 1. The summed E-state index contributed by atoms with van der Waals surface area (Å²) in [6, 6.07) is 56.8. The molecule has 13 heterocycles. The number of nitrogens with zero attached hydrogens (tertiary/aromatic N) is 13. The minimum atomic E-state index is -1.14. The molecule has 0 spiro atoms. The van der Waals surface area contributed by atoms with Crippen molar-refractivity contribution in [3.8, 4) is 69.1 Å². The molecule has 2 fully saturated rings. The van der Waals surface area contributed by atoms with Crippen LogP contribution in [0, 0.1) is 29.1 Å². The number of H-pyrrole nitrogens is 11. The fourth-order valence-corrected chi connectivity index (χ4v) is 16.5. The van der Waals surface area contributed by atoms with E-state index in [-0.39, 0.29) is 57.3 Å². The Labute approximate surface area is 815 Å². The number of hydrogen-bond acceptors (Lipinski definition) is 21. The van der Waals surface area contributed by atoms with E-state index in [9.17, 15) is 56.2 Å². The highest BCUT2D eigenvalue weighted by atomic mass is 19.1. The fraction of sp³-hybridized carbons (Fsp3) is 0.119. The molecule has 2 saturated heterocycles. The Kier molecular flexibility index (Phi) is 27.2. The van der Waals surface area contributed by atoms with E-state index in [0.717, 1.165) is 113 Å². The van der Waals surface area contributed by atoms with Crippen molar-refractivity contribution >= 4 is 136 Å². The highest BCUT2D eigenvalue weighted by Gasteiger charge is 2.30. The van der Waals surface area contributed by atoms with E-state index in [1.165, 1.54) is 50.1 Å². The van der Waals surface area contributed by atoms with Crippen LogP contribution in [0.25, 0.3) is 124 Å². The summed E-state index contributed by atoms with van der Waals surface area (Å²) < 4.78 is 81.1. The number of nitrogens with one attached hydrogen (secondary N) is 16. The number of aromatic nitrogens is 21. The number of carbonyl (C=O) groups is 7. The van der Waals surface area contributed by atoms with Crippen LogP contribution in [0.1, 0.15) is 90.9 Å². The topological polar surface area (TPSA) is 531 Å². The maximum atomic E-state index is 15.0. The van der Waals surface area contributed by atoms with Gasteiger partial charge in [0.25, 0.3) is 35.4 Å². The number of fused-ring (bicyclic) bond motifs is 6. The zero-order valence-corrected chi connectivity index (χ0v) is 76.8. The van der Waals surface area contributed by atoms with Crippen LogP contribution in [-0.2, 0) is 6.54 Å². The van der Waals surface area contributed by atoms with Crippen molar-refractivity contribution in [2.45, 2.75) is 19.4 Å². The Bertz CT molecular complexity index is 8300. The molecule has 17 N–H and O–H groups in total. The molecule has 0 bridgehead atoms. The maximum absolute atomic E-state index is 15.0. The lowest BCUT2D eigenvalue weighted by molar-refractivity contribution is 0.0663. The van der Waals surface area contributed by atoms with Gasteiger partial charge in [-0.3, -0.25) is 59.2 Å². The molecule has 10 aromatic carbocycles. The number of methoxy groups -OCH3 is 2. The van der Waals surface area contributed by atoms with Gasteiger partial charge in [0.2, 0.25) is 0 Å². The first-order valence-corrected chi connectivity index (χ1v) is 45.0. The summed E-state index contributed by atoms with van der Waals surface area (Å²) in [5.74, 6) is -5.39. The van der Waals surface area contributed by atoms with Gasteiger partial charge in [0, 0.05) is 55.9 Å².